The van der Waals surface area contributed by atoms with Crippen molar-refractivity contribution in [3.05, 3.63) is 64.0 Å². The second-order valence-corrected chi connectivity index (χ2v) is 7.14. The Morgan fingerprint density at radius 2 is 2.08 bits per heavy atom. The number of halogens is 2. The van der Waals surface area contributed by atoms with Gasteiger partial charge >= 0.3 is 0 Å². The van der Waals surface area contributed by atoms with Crippen molar-refractivity contribution in [2.45, 2.75) is 12.3 Å². The summed E-state index contributed by atoms with van der Waals surface area (Å²) < 4.78 is 0.817. The van der Waals surface area contributed by atoms with E-state index in [9.17, 15) is 4.79 Å². The maximum atomic E-state index is 12.4. The summed E-state index contributed by atoms with van der Waals surface area (Å²) in [4.78, 5) is 21.0. The molecule has 0 radical (unpaired) electrons. The van der Waals surface area contributed by atoms with Crippen LogP contribution in [0.2, 0.25) is 5.02 Å². The van der Waals surface area contributed by atoms with Gasteiger partial charge in [-0.15, -0.1) is 0 Å². The van der Waals surface area contributed by atoms with E-state index in [4.69, 9.17) is 11.6 Å². The fourth-order valence-corrected chi connectivity index (χ4v) is 3.37. The molecular formula is C18H13BrClN3O. The number of carbonyl (C=O) groups is 1. The molecule has 2 heterocycles. The van der Waals surface area contributed by atoms with Crippen molar-refractivity contribution >= 4 is 50.0 Å². The first kappa shape index (κ1) is 15.5. The summed E-state index contributed by atoms with van der Waals surface area (Å²) in [5.41, 5.74) is 0.975. The number of fused-ring (bicyclic) bond motifs is 1. The largest absolute Gasteiger partial charge is 0.310 e. The van der Waals surface area contributed by atoms with E-state index in [1.807, 2.05) is 36.4 Å². The van der Waals surface area contributed by atoms with Crippen LogP contribution < -0.4 is 5.32 Å². The average molecular weight is 403 g/mol. The smallest absolute Gasteiger partial charge is 0.229 e. The number of nitrogens with one attached hydrogen (secondary N) is 1. The second-order valence-electron chi connectivity index (χ2n) is 5.88. The fraction of sp³-hybridized carbons (Fsp3) is 0.167. The normalized spacial score (nSPS) is 19.2. The highest BCUT2D eigenvalue weighted by atomic mass is 79.9. The zero-order valence-electron chi connectivity index (χ0n) is 12.5. The summed E-state index contributed by atoms with van der Waals surface area (Å²) in [7, 11) is 0. The number of hydrogen-bond acceptors (Lipinski definition) is 3. The van der Waals surface area contributed by atoms with Gasteiger partial charge in [0, 0.05) is 39.8 Å². The van der Waals surface area contributed by atoms with Gasteiger partial charge in [0.05, 0.1) is 5.02 Å². The van der Waals surface area contributed by atoms with Gasteiger partial charge < -0.3 is 5.32 Å². The first-order chi connectivity index (χ1) is 11.6. The predicted molar refractivity (Wildman–Crippen MR) is 98.2 cm³/mol. The molecule has 0 aliphatic heterocycles. The van der Waals surface area contributed by atoms with Crippen molar-refractivity contribution in [2.24, 2.45) is 5.92 Å². The van der Waals surface area contributed by atoms with Crippen LogP contribution in [0.5, 0.6) is 0 Å². The molecule has 0 spiro atoms. The van der Waals surface area contributed by atoms with Gasteiger partial charge in [-0.25, -0.2) is 4.98 Å². The lowest BCUT2D eigenvalue weighted by molar-refractivity contribution is -0.117. The van der Waals surface area contributed by atoms with Crippen molar-refractivity contribution in [1.82, 2.24) is 9.97 Å². The van der Waals surface area contributed by atoms with E-state index in [1.54, 1.807) is 12.4 Å². The quantitative estimate of drug-likeness (QED) is 0.685. The maximum Gasteiger partial charge on any atom is 0.229 e. The molecule has 0 bridgehead atoms. The maximum absolute atomic E-state index is 12.4. The summed E-state index contributed by atoms with van der Waals surface area (Å²) in [5, 5.41) is 5.44. The van der Waals surface area contributed by atoms with Gasteiger partial charge in [-0.3, -0.25) is 9.78 Å². The van der Waals surface area contributed by atoms with Crippen LogP contribution in [0.3, 0.4) is 0 Å². The molecule has 1 N–H and O–H groups in total. The summed E-state index contributed by atoms with van der Waals surface area (Å²) in [6, 6.07) is 11.4. The van der Waals surface area contributed by atoms with Crippen LogP contribution in [-0.4, -0.2) is 15.9 Å². The molecule has 1 fully saturated rings. The third-order valence-corrected chi connectivity index (χ3v) is 5.40. The number of nitrogens with zero attached hydrogens (tertiary/aromatic N) is 2. The molecule has 1 aromatic carbocycles. The number of hydrogen-bond donors (Lipinski definition) is 1. The van der Waals surface area contributed by atoms with Crippen molar-refractivity contribution in [3.63, 3.8) is 0 Å². The standard InChI is InChI=1S/C18H13BrClN3O/c19-14-5-10-7-17(22-9-11(10)6-15(14)20)23-18(24)13-8-12(13)16-3-1-2-4-21-16/h1-7,9,12-13H,8H2,(H,22,23,24)/t12-,13-/m1/s1. The molecular weight excluding hydrogens is 390 g/mol. The molecule has 1 aliphatic carbocycles. The fourth-order valence-electron chi connectivity index (χ4n) is 2.83. The third kappa shape index (κ3) is 3.01. The summed E-state index contributed by atoms with van der Waals surface area (Å²) >= 11 is 9.50. The Bertz CT molecular complexity index is 932. The van der Waals surface area contributed by atoms with Crippen LogP contribution >= 0.6 is 27.5 Å². The second kappa shape index (κ2) is 6.15. The predicted octanol–water partition coefficient (Wildman–Crippen LogP) is 4.79. The van der Waals surface area contributed by atoms with Crippen LogP contribution in [-0.2, 0) is 4.79 Å². The Labute approximate surface area is 152 Å². The zero-order valence-corrected chi connectivity index (χ0v) is 14.9. The number of anilines is 1. The molecule has 24 heavy (non-hydrogen) atoms. The number of benzene rings is 1. The van der Waals surface area contributed by atoms with E-state index in [0.29, 0.717) is 10.8 Å². The van der Waals surface area contributed by atoms with Crippen LogP contribution in [0.15, 0.2) is 53.3 Å². The molecule has 0 unspecified atom stereocenters. The Morgan fingerprint density at radius 3 is 2.88 bits per heavy atom. The first-order valence-electron chi connectivity index (χ1n) is 7.58. The number of carbonyl (C=O) groups excluding carboxylic acids is 1. The molecule has 6 heteroatoms. The third-order valence-electron chi connectivity index (χ3n) is 4.21. The molecule has 1 aliphatic rings. The van der Waals surface area contributed by atoms with E-state index in [-0.39, 0.29) is 17.7 Å². The van der Waals surface area contributed by atoms with Crippen molar-refractivity contribution in [3.8, 4) is 0 Å². The van der Waals surface area contributed by atoms with Gasteiger partial charge in [-0.2, -0.15) is 0 Å². The minimum atomic E-state index is -0.0330. The number of rotatable bonds is 3. The van der Waals surface area contributed by atoms with Gasteiger partial charge in [0.1, 0.15) is 5.82 Å². The highest BCUT2D eigenvalue weighted by molar-refractivity contribution is 9.10. The molecule has 1 amide bonds. The molecule has 3 aromatic rings. The zero-order chi connectivity index (χ0) is 16.7. The summed E-state index contributed by atoms with van der Waals surface area (Å²) in [5.74, 6) is 0.716. The lowest BCUT2D eigenvalue weighted by Crippen LogP contribution is -2.15. The van der Waals surface area contributed by atoms with Crippen LogP contribution in [0.25, 0.3) is 10.8 Å². The van der Waals surface area contributed by atoms with Crippen LogP contribution in [0.1, 0.15) is 18.0 Å². The SMILES string of the molecule is O=C(Nc1cc2cc(Br)c(Cl)cc2cn1)[C@@H]1C[C@H]1c1ccccn1. The molecule has 0 saturated heterocycles. The Balaban J connectivity index is 1.50. The van der Waals surface area contributed by atoms with E-state index in [2.05, 4.69) is 31.2 Å². The number of amides is 1. The lowest BCUT2D eigenvalue weighted by Gasteiger charge is -2.07. The molecule has 4 rings (SSSR count). The van der Waals surface area contributed by atoms with Gasteiger partial charge in [-0.1, -0.05) is 17.7 Å². The number of pyridine rings is 2. The van der Waals surface area contributed by atoms with Gasteiger partial charge in [0.25, 0.3) is 0 Å². The Kier molecular flexibility index (Phi) is 3.98. The van der Waals surface area contributed by atoms with Gasteiger partial charge in [-0.05, 0) is 58.1 Å². The minimum absolute atomic E-state index is 0.00877. The molecule has 2 atom stereocenters. The van der Waals surface area contributed by atoms with E-state index < -0.39 is 0 Å². The minimum Gasteiger partial charge on any atom is -0.310 e. The molecule has 2 aromatic heterocycles. The average Bonchev–Trinajstić information content (AvgIpc) is 3.38. The summed E-state index contributed by atoms with van der Waals surface area (Å²) in [6.45, 7) is 0. The van der Waals surface area contributed by atoms with Crippen molar-refractivity contribution < 1.29 is 4.79 Å². The number of aromatic nitrogens is 2. The van der Waals surface area contributed by atoms with Gasteiger partial charge in [0.2, 0.25) is 5.91 Å². The van der Waals surface area contributed by atoms with Crippen molar-refractivity contribution in [1.29, 1.82) is 0 Å². The Morgan fingerprint density at radius 1 is 1.21 bits per heavy atom. The first-order valence-corrected chi connectivity index (χ1v) is 8.75. The van der Waals surface area contributed by atoms with E-state index in [0.717, 1.165) is 27.4 Å². The van der Waals surface area contributed by atoms with E-state index in [1.165, 1.54) is 0 Å². The van der Waals surface area contributed by atoms with Gasteiger partial charge in [0.15, 0.2) is 0 Å². The Hall–Kier alpha value is -1.98. The molecule has 120 valence electrons. The topological polar surface area (TPSA) is 54.9 Å². The monoisotopic (exact) mass is 401 g/mol. The van der Waals surface area contributed by atoms with E-state index >= 15 is 0 Å². The van der Waals surface area contributed by atoms with Crippen molar-refractivity contribution in [2.75, 3.05) is 5.32 Å². The lowest BCUT2D eigenvalue weighted by atomic mass is 10.2. The molecule has 1 saturated carbocycles. The highest BCUT2D eigenvalue weighted by Gasteiger charge is 2.44. The highest BCUT2D eigenvalue weighted by Crippen LogP contribution is 2.47. The van der Waals surface area contributed by atoms with Crippen LogP contribution in [0.4, 0.5) is 5.82 Å². The van der Waals surface area contributed by atoms with Crippen LogP contribution in [0, 0.1) is 5.92 Å². The summed E-state index contributed by atoms with van der Waals surface area (Å²) in [6.07, 6.45) is 4.31. The molecule has 4 nitrogen and oxygen atoms in total.